The highest BCUT2D eigenvalue weighted by Gasteiger charge is 2.26. The van der Waals surface area contributed by atoms with Crippen molar-refractivity contribution in [2.24, 2.45) is 10.3 Å². The molecule has 0 aliphatic carbocycles. The maximum absolute atomic E-state index is 11.3. The van der Waals surface area contributed by atoms with Gasteiger partial charge in [-0.25, -0.2) is 0 Å². The summed E-state index contributed by atoms with van der Waals surface area (Å²) >= 11 is 0. The van der Waals surface area contributed by atoms with Crippen molar-refractivity contribution in [2.75, 3.05) is 13.1 Å². The Morgan fingerprint density at radius 2 is 2.57 bits per heavy atom. The van der Waals surface area contributed by atoms with E-state index in [1.165, 1.54) is 0 Å². The number of nitrogens with zero attached hydrogens (tertiary/aromatic N) is 5. The van der Waals surface area contributed by atoms with Gasteiger partial charge in [0.25, 0.3) is 5.91 Å². The number of azide groups is 1. The first-order valence-corrected chi connectivity index (χ1v) is 4.28. The average Bonchev–Trinajstić information content (AvgIpc) is 2.63. The van der Waals surface area contributed by atoms with Gasteiger partial charge in [0.15, 0.2) is 0 Å². The molecule has 0 aromatic heterocycles. The molecule has 0 aromatic rings. The minimum absolute atomic E-state index is 0.0589. The van der Waals surface area contributed by atoms with E-state index in [1.807, 2.05) is 0 Å². The van der Waals surface area contributed by atoms with Crippen molar-refractivity contribution >= 4 is 12.1 Å². The molecule has 1 atom stereocenters. The molecule has 0 spiro atoms. The van der Waals surface area contributed by atoms with Crippen molar-refractivity contribution in [3.63, 3.8) is 0 Å². The van der Waals surface area contributed by atoms with Crippen molar-refractivity contribution in [2.45, 2.75) is 18.9 Å². The Kier molecular flexibility index (Phi) is 3.75. The second-order valence-corrected chi connectivity index (χ2v) is 2.99. The largest absolute Gasteiger partial charge is 0.411 e. The summed E-state index contributed by atoms with van der Waals surface area (Å²) < 4.78 is 0. The van der Waals surface area contributed by atoms with Gasteiger partial charge in [0, 0.05) is 24.0 Å². The summed E-state index contributed by atoms with van der Waals surface area (Å²) in [7, 11) is 0. The summed E-state index contributed by atoms with van der Waals surface area (Å²) in [5.74, 6) is -0.344. The number of carbonyl (C=O) groups excluding carboxylic acids is 1. The molecular weight excluding hydrogens is 186 g/mol. The predicted octanol–water partition coefficient (Wildman–Crippen LogP) is 0.748. The number of amides is 1. The number of rotatable bonds is 3. The molecule has 1 aliphatic heterocycles. The Morgan fingerprint density at radius 1 is 1.79 bits per heavy atom. The smallest absolute Gasteiger partial charge is 0.268 e. The Bertz CT molecular complexity index is 284. The van der Waals surface area contributed by atoms with Crippen LogP contribution in [-0.2, 0) is 4.79 Å². The molecule has 0 saturated carbocycles. The topological polar surface area (TPSA) is 102 Å². The molecule has 7 heteroatoms. The zero-order valence-corrected chi connectivity index (χ0v) is 7.57. The zero-order valence-electron chi connectivity index (χ0n) is 7.57. The van der Waals surface area contributed by atoms with Crippen LogP contribution in [0.4, 0.5) is 0 Å². The van der Waals surface area contributed by atoms with Crippen LogP contribution < -0.4 is 0 Å². The fraction of sp³-hybridized carbons (Fsp3) is 0.714. The van der Waals surface area contributed by atoms with Crippen LogP contribution in [0.5, 0.6) is 0 Å². The fourth-order valence-electron chi connectivity index (χ4n) is 1.57. The lowest BCUT2D eigenvalue weighted by molar-refractivity contribution is -0.124. The van der Waals surface area contributed by atoms with Crippen LogP contribution in [0.2, 0.25) is 0 Å². The maximum atomic E-state index is 11.3. The van der Waals surface area contributed by atoms with Crippen LogP contribution >= 0.6 is 0 Å². The third-order valence-electron chi connectivity index (χ3n) is 2.18. The maximum Gasteiger partial charge on any atom is 0.268 e. The van der Waals surface area contributed by atoms with E-state index in [2.05, 4.69) is 15.2 Å². The van der Waals surface area contributed by atoms with Crippen molar-refractivity contribution in [1.82, 2.24) is 4.90 Å². The first-order valence-electron chi connectivity index (χ1n) is 4.28. The van der Waals surface area contributed by atoms with Gasteiger partial charge >= 0.3 is 0 Å². The molecule has 0 unspecified atom stereocenters. The van der Waals surface area contributed by atoms with Crippen LogP contribution in [0, 0.1) is 0 Å². The second kappa shape index (κ2) is 5.08. The standard InChI is InChI=1S/C7H11N5O2/c8-11-9-4-6-2-1-3-12(6)7(13)5-10-14/h5-6,14H,1-4H2/b10-5+/t6-/m0/s1. The summed E-state index contributed by atoms with van der Waals surface area (Å²) in [6.07, 6.45) is 2.56. The molecule has 14 heavy (non-hydrogen) atoms. The summed E-state index contributed by atoms with van der Waals surface area (Å²) in [4.78, 5) is 15.5. The average molecular weight is 197 g/mol. The van der Waals surface area contributed by atoms with E-state index < -0.39 is 0 Å². The molecule has 1 rings (SSSR count). The van der Waals surface area contributed by atoms with Gasteiger partial charge < -0.3 is 10.1 Å². The third kappa shape index (κ3) is 2.37. The van der Waals surface area contributed by atoms with Gasteiger partial charge in [-0.1, -0.05) is 10.3 Å². The van der Waals surface area contributed by atoms with E-state index in [4.69, 9.17) is 10.7 Å². The van der Waals surface area contributed by atoms with Gasteiger partial charge in [0.1, 0.15) is 6.21 Å². The number of hydrogen-bond acceptors (Lipinski definition) is 4. The van der Waals surface area contributed by atoms with Gasteiger partial charge in [-0.3, -0.25) is 4.79 Å². The van der Waals surface area contributed by atoms with Gasteiger partial charge in [0.05, 0.1) is 0 Å². The van der Waals surface area contributed by atoms with Crippen molar-refractivity contribution < 1.29 is 10.0 Å². The summed E-state index contributed by atoms with van der Waals surface area (Å²) in [6.45, 7) is 0.901. The molecule has 1 N–H and O–H groups in total. The minimum atomic E-state index is -0.344. The monoisotopic (exact) mass is 197 g/mol. The van der Waals surface area contributed by atoms with E-state index in [0.29, 0.717) is 6.54 Å². The van der Waals surface area contributed by atoms with E-state index >= 15 is 0 Å². The highest BCUT2D eigenvalue weighted by Crippen LogP contribution is 2.17. The molecule has 1 heterocycles. The molecule has 0 radical (unpaired) electrons. The van der Waals surface area contributed by atoms with Crippen LogP contribution in [0.3, 0.4) is 0 Å². The molecule has 0 bridgehead atoms. The van der Waals surface area contributed by atoms with Gasteiger partial charge in [-0.15, -0.1) is 0 Å². The normalized spacial score (nSPS) is 21.1. The van der Waals surface area contributed by atoms with Crippen molar-refractivity contribution in [3.05, 3.63) is 10.4 Å². The summed E-state index contributed by atoms with van der Waals surface area (Å²) in [5.41, 5.74) is 8.14. The molecule has 76 valence electrons. The quantitative estimate of drug-likeness (QED) is 0.180. The minimum Gasteiger partial charge on any atom is -0.411 e. The van der Waals surface area contributed by atoms with E-state index in [9.17, 15) is 4.79 Å². The van der Waals surface area contributed by atoms with Crippen LogP contribution in [-0.4, -0.2) is 41.4 Å². The number of hydrogen-bond donors (Lipinski definition) is 1. The molecule has 1 amide bonds. The first-order chi connectivity index (χ1) is 6.79. The Hall–Kier alpha value is -1.75. The molecule has 1 aliphatic rings. The van der Waals surface area contributed by atoms with Crippen LogP contribution in [0.1, 0.15) is 12.8 Å². The van der Waals surface area contributed by atoms with Crippen LogP contribution in [0.15, 0.2) is 10.3 Å². The van der Waals surface area contributed by atoms with E-state index in [0.717, 1.165) is 19.1 Å². The second-order valence-electron chi connectivity index (χ2n) is 2.99. The van der Waals surface area contributed by atoms with Gasteiger partial charge in [-0.2, -0.15) is 0 Å². The lowest BCUT2D eigenvalue weighted by Crippen LogP contribution is -2.37. The van der Waals surface area contributed by atoms with E-state index in [1.54, 1.807) is 4.90 Å². The first kappa shape index (κ1) is 10.3. The molecular formula is C7H11N5O2. The predicted molar refractivity (Wildman–Crippen MR) is 49.0 cm³/mol. The Labute approximate surface area is 80.6 Å². The number of likely N-dealkylation sites (tertiary alicyclic amines) is 1. The van der Waals surface area contributed by atoms with Crippen molar-refractivity contribution in [3.8, 4) is 0 Å². The molecule has 1 fully saturated rings. The SMILES string of the molecule is [N-]=[N+]=NC[C@@H]1CCCN1C(=O)/C=N/O. The highest BCUT2D eigenvalue weighted by molar-refractivity contribution is 6.26. The summed E-state index contributed by atoms with van der Waals surface area (Å²) in [5, 5.41) is 14.3. The lowest BCUT2D eigenvalue weighted by Gasteiger charge is -2.20. The van der Waals surface area contributed by atoms with E-state index in [-0.39, 0.29) is 18.5 Å². The van der Waals surface area contributed by atoms with Gasteiger partial charge in [-0.05, 0) is 18.4 Å². The molecule has 0 aromatic carbocycles. The Morgan fingerprint density at radius 3 is 3.21 bits per heavy atom. The number of carbonyl (C=O) groups is 1. The highest BCUT2D eigenvalue weighted by atomic mass is 16.4. The fourth-order valence-corrected chi connectivity index (χ4v) is 1.57. The van der Waals surface area contributed by atoms with Crippen LogP contribution in [0.25, 0.3) is 10.4 Å². The number of oxime groups is 1. The molecule has 1 saturated heterocycles. The molecule has 7 nitrogen and oxygen atoms in total. The zero-order chi connectivity index (χ0) is 10.4. The summed E-state index contributed by atoms with van der Waals surface area (Å²) in [6, 6.07) is -0.0589. The third-order valence-corrected chi connectivity index (χ3v) is 2.18. The lowest BCUT2D eigenvalue weighted by atomic mass is 10.2. The van der Waals surface area contributed by atoms with Gasteiger partial charge in [0.2, 0.25) is 0 Å². The van der Waals surface area contributed by atoms with Crippen molar-refractivity contribution in [1.29, 1.82) is 0 Å². The Balaban J connectivity index is 2.58.